The molecule has 9 heteroatoms. The van der Waals surface area contributed by atoms with Gasteiger partial charge in [0.1, 0.15) is 23.4 Å². The standard InChI is InChI=1S/C20H25N3O5S/c1-4-26-16-7-14-5-12(2)27-17(14)8-15(16)9-21-19(24)10-29-11-20(25)22-18-6-13(3)28-23-18/h6-8,12H,4-5,9-11H2,1-3H3,(H,21,24)(H,22,23,25)/t12-/m1/s1. The van der Waals surface area contributed by atoms with Gasteiger partial charge >= 0.3 is 0 Å². The number of ether oxygens (including phenoxy) is 2. The number of hydrogen-bond acceptors (Lipinski definition) is 7. The fourth-order valence-corrected chi connectivity index (χ4v) is 3.64. The van der Waals surface area contributed by atoms with Crippen LogP contribution in [-0.2, 0) is 22.6 Å². The van der Waals surface area contributed by atoms with Crippen LogP contribution in [-0.4, -0.2) is 41.2 Å². The molecule has 8 nitrogen and oxygen atoms in total. The second-order valence-corrected chi connectivity index (χ2v) is 7.76. The third-order valence-corrected chi connectivity index (χ3v) is 5.15. The van der Waals surface area contributed by atoms with E-state index in [0.29, 0.717) is 24.7 Å². The Morgan fingerprint density at radius 1 is 1.28 bits per heavy atom. The molecule has 0 fully saturated rings. The van der Waals surface area contributed by atoms with Crippen molar-refractivity contribution in [2.45, 2.75) is 39.8 Å². The Hall–Kier alpha value is -2.68. The van der Waals surface area contributed by atoms with Crippen molar-refractivity contribution >= 4 is 29.4 Å². The molecular formula is C20H25N3O5S. The van der Waals surface area contributed by atoms with Gasteiger partial charge < -0.3 is 24.6 Å². The number of benzene rings is 1. The molecule has 0 bridgehead atoms. The number of carbonyl (C=O) groups excluding carboxylic acids is 2. The number of anilines is 1. The smallest absolute Gasteiger partial charge is 0.235 e. The normalized spacial score (nSPS) is 14.8. The van der Waals surface area contributed by atoms with Gasteiger partial charge in [-0.05, 0) is 32.9 Å². The summed E-state index contributed by atoms with van der Waals surface area (Å²) in [6, 6.07) is 5.56. The quantitative estimate of drug-likeness (QED) is 0.644. The van der Waals surface area contributed by atoms with Crippen LogP contribution in [0.25, 0.3) is 0 Å². The molecule has 29 heavy (non-hydrogen) atoms. The Kier molecular flexibility index (Phi) is 7.03. The van der Waals surface area contributed by atoms with E-state index < -0.39 is 0 Å². The third-order valence-electron chi connectivity index (χ3n) is 4.22. The molecule has 0 unspecified atom stereocenters. The van der Waals surface area contributed by atoms with Crippen molar-refractivity contribution in [1.29, 1.82) is 0 Å². The number of aromatic nitrogens is 1. The fourth-order valence-electron chi connectivity index (χ4n) is 2.99. The van der Waals surface area contributed by atoms with E-state index in [-0.39, 0.29) is 29.4 Å². The molecule has 0 radical (unpaired) electrons. The first-order valence-electron chi connectivity index (χ1n) is 9.47. The van der Waals surface area contributed by atoms with Gasteiger partial charge in [-0.3, -0.25) is 9.59 Å². The van der Waals surface area contributed by atoms with Crippen molar-refractivity contribution in [3.63, 3.8) is 0 Å². The van der Waals surface area contributed by atoms with Gasteiger partial charge in [0.05, 0.1) is 18.1 Å². The molecule has 1 aliphatic rings. The van der Waals surface area contributed by atoms with Crippen LogP contribution in [0.2, 0.25) is 0 Å². The molecule has 0 saturated heterocycles. The molecule has 1 aromatic heterocycles. The lowest BCUT2D eigenvalue weighted by molar-refractivity contribution is -0.118. The maximum Gasteiger partial charge on any atom is 0.235 e. The minimum Gasteiger partial charge on any atom is -0.494 e. The van der Waals surface area contributed by atoms with Crippen LogP contribution in [0.15, 0.2) is 22.7 Å². The van der Waals surface area contributed by atoms with Gasteiger partial charge in [-0.25, -0.2) is 0 Å². The third kappa shape index (κ3) is 5.90. The summed E-state index contributed by atoms with van der Waals surface area (Å²) >= 11 is 1.23. The number of amides is 2. The van der Waals surface area contributed by atoms with E-state index in [0.717, 1.165) is 29.0 Å². The minimum absolute atomic E-state index is 0.146. The highest BCUT2D eigenvalue weighted by atomic mass is 32.2. The van der Waals surface area contributed by atoms with Crippen LogP contribution in [0, 0.1) is 6.92 Å². The van der Waals surface area contributed by atoms with E-state index in [2.05, 4.69) is 15.8 Å². The summed E-state index contributed by atoms with van der Waals surface area (Å²) in [4.78, 5) is 24.0. The number of fused-ring (bicyclic) bond motifs is 1. The Labute approximate surface area is 173 Å². The summed E-state index contributed by atoms with van der Waals surface area (Å²) in [6.07, 6.45) is 1.00. The van der Waals surface area contributed by atoms with Crippen molar-refractivity contribution in [2.24, 2.45) is 0 Å². The first-order valence-corrected chi connectivity index (χ1v) is 10.6. The SMILES string of the molecule is CCOc1cc2c(cc1CNC(=O)CSCC(=O)Nc1cc(C)on1)O[C@H](C)C2. The molecule has 2 amide bonds. The Morgan fingerprint density at radius 3 is 2.79 bits per heavy atom. The molecule has 0 aliphatic carbocycles. The van der Waals surface area contributed by atoms with E-state index in [9.17, 15) is 9.59 Å². The minimum atomic E-state index is -0.236. The number of hydrogen-bond donors (Lipinski definition) is 2. The molecule has 0 saturated carbocycles. The maximum atomic E-state index is 12.2. The number of nitrogens with one attached hydrogen (secondary N) is 2. The monoisotopic (exact) mass is 419 g/mol. The first kappa shape index (κ1) is 21.0. The van der Waals surface area contributed by atoms with Gasteiger partial charge in [-0.2, -0.15) is 0 Å². The van der Waals surface area contributed by atoms with E-state index >= 15 is 0 Å². The largest absolute Gasteiger partial charge is 0.494 e. The van der Waals surface area contributed by atoms with Crippen LogP contribution in [0.3, 0.4) is 0 Å². The zero-order valence-electron chi connectivity index (χ0n) is 16.7. The first-order chi connectivity index (χ1) is 13.9. The number of nitrogens with zero attached hydrogens (tertiary/aromatic N) is 1. The van der Waals surface area contributed by atoms with E-state index in [1.807, 2.05) is 26.0 Å². The van der Waals surface area contributed by atoms with E-state index in [4.69, 9.17) is 14.0 Å². The summed E-state index contributed by atoms with van der Waals surface area (Å²) in [6.45, 7) is 6.58. The lowest BCUT2D eigenvalue weighted by atomic mass is 10.1. The summed E-state index contributed by atoms with van der Waals surface area (Å²) in [7, 11) is 0. The van der Waals surface area contributed by atoms with Gasteiger partial charge in [-0.15, -0.1) is 11.8 Å². The highest BCUT2D eigenvalue weighted by molar-refractivity contribution is 8.00. The Bertz CT molecular complexity index is 883. The lowest BCUT2D eigenvalue weighted by Crippen LogP contribution is -2.26. The molecule has 2 heterocycles. The summed E-state index contributed by atoms with van der Waals surface area (Å²) in [5.74, 6) is 2.52. The second-order valence-electron chi connectivity index (χ2n) is 6.77. The number of thioether (sulfide) groups is 1. The predicted octanol–water partition coefficient (Wildman–Crippen LogP) is 2.69. The lowest BCUT2D eigenvalue weighted by Gasteiger charge is -2.13. The molecule has 1 aliphatic heterocycles. The van der Waals surface area contributed by atoms with Gasteiger partial charge in [0.2, 0.25) is 11.8 Å². The van der Waals surface area contributed by atoms with Gasteiger partial charge in [-0.1, -0.05) is 5.16 Å². The van der Waals surface area contributed by atoms with Gasteiger partial charge in [0, 0.05) is 30.2 Å². The van der Waals surface area contributed by atoms with E-state index in [1.54, 1.807) is 13.0 Å². The van der Waals surface area contributed by atoms with Crippen molar-refractivity contribution in [2.75, 3.05) is 23.4 Å². The number of rotatable bonds is 9. The highest BCUT2D eigenvalue weighted by Crippen LogP contribution is 2.35. The predicted molar refractivity (Wildman–Crippen MR) is 110 cm³/mol. The van der Waals surface area contributed by atoms with Crippen LogP contribution < -0.4 is 20.1 Å². The van der Waals surface area contributed by atoms with Crippen LogP contribution in [0.1, 0.15) is 30.7 Å². The van der Waals surface area contributed by atoms with Gasteiger partial charge in [0.25, 0.3) is 0 Å². The molecule has 3 rings (SSSR count). The fraction of sp³-hybridized carbons (Fsp3) is 0.450. The topological polar surface area (TPSA) is 103 Å². The highest BCUT2D eigenvalue weighted by Gasteiger charge is 2.22. The zero-order valence-corrected chi connectivity index (χ0v) is 17.6. The van der Waals surface area contributed by atoms with E-state index in [1.165, 1.54) is 11.8 Å². The van der Waals surface area contributed by atoms with Crippen LogP contribution >= 0.6 is 11.8 Å². The zero-order chi connectivity index (χ0) is 20.8. The average molecular weight is 420 g/mol. The summed E-state index contributed by atoms with van der Waals surface area (Å²) < 4.78 is 16.4. The molecule has 1 aromatic carbocycles. The molecule has 1 atom stereocenters. The molecule has 2 aromatic rings. The molecule has 2 N–H and O–H groups in total. The molecule has 0 spiro atoms. The van der Waals surface area contributed by atoms with Gasteiger partial charge in [0.15, 0.2) is 5.82 Å². The number of carbonyl (C=O) groups is 2. The van der Waals surface area contributed by atoms with Crippen LogP contribution in [0.4, 0.5) is 5.82 Å². The Morgan fingerprint density at radius 2 is 2.07 bits per heavy atom. The molecular weight excluding hydrogens is 394 g/mol. The van der Waals surface area contributed by atoms with Crippen molar-refractivity contribution < 1.29 is 23.6 Å². The number of aryl methyl sites for hydroxylation is 1. The summed E-state index contributed by atoms with van der Waals surface area (Å²) in [5, 5.41) is 9.19. The van der Waals surface area contributed by atoms with Crippen molar-refractivity contribution in [3.8, 4) is 11.5 Å². The summed E-state index contributed by atoms with van der Waals surface area (Å²) in [5.41, 5.74) is 2.00. The maximum absolute atomic E-state index is 12.2. The average Bonchev–Trinajstić information content (AvgIpc) is 3.23. The Balaban J connectivity index is 1.45. The van der Waals surface area contributed by atoms with Crippen molar-refractivity contribution in [1.82, 2.24) is 10.5 Å². The van der Waals surface area contributed by atoms with Crippen molar-refractivity contribution in [3.05, 3.63) is 35.1 Å². The second kappa shape index (κ2) is 9.69. The molecule has 156 valence electrons. The van der Waals surface area contributed by atoms with Crippen LogP contribution in [0.5, 0.6) is 11.5 Å².